The molecule has 0 spiro atoms. The molecule has 1 N–H and O–H groups in total. The fraction of sp³-hybridized carbons (Fsp3) is 0.375. The van der Waals surface area contributed by atoms with Crippen molar-refractivity contribution < 1.29 is 19.0 Å². The molecule has 1 aliphatic rings. The number of hydrogen-bond acceptors (Lipinski definition) is 4. The number of aliphatic hydroxyl groups excluding tert-OH is 1. The predicted molar refractivity (Wildman–Crippen MR) is 72.9 cm³/mol. The van der Waals surface area contributed by atoms with E-state index in [9.17, 15) is 5.11 Å². The highest BCUT2D eigenvalue weighted by atomic mass is 16.8. The topological polar surface area (TPSA) is 51.8 Å². The molecule has 0 saturated carbocycles. The Kier molecular flexibility index (Phi) is 3.38. The van der Waals surface area contributed by atoms with E-state index < -0.39 is 18.0 Å². The molecule has 4 nitrogen and oxygen atoms in total. The second kappa shape index (κ2) is 5.05. The average molecular weight is 274 g/mol. The third-order valence-electron chi connectivity index (χ3n) is 3.40. The van der Waals surface area contributed by atoms with Gasteiger partial charge in [-0.25, -0.2) is 0 Å². The molecule has 1 aromatic heterocycles. The lowest BCUT2D eigenvalue weighted by Crippen LogP contribution is -2.26. The number of ether oxygens (including phenoxy) is 2. The molecule has 0 bridgehead atoms. The van der Waals surface area contributed by atoms with Gasteiger partial charge in [-0.05, 0) is 31.5 Å². The van der Waals surface area contributed by atoms with Crippen molar-refractivity contribution in [2.45, 2.75) is 37.9 Å². The molecule has 0 aliphatic carbocycles. The molecule has 1 fully saturated rings. The van der Waals surface area contributed by atoms with Crippen LogP contribution in [0.5, 0.6) is 0 Å². The van der Waals surface area contributed by atoms with E-state index in [1.165, 1.54) is 6.26 Å². The first-order valence-electron chi connectivity index (χ1n) is 6.69. The van der Waals surface area contributed by atoms with Crippen LogP contribution < -0.4 is 0 Å². The Morgan fingerprint density at radius 1 is 1.05 bits per heavy atom. The van der Waals surface area contributed by atoms with E-state index >= 15 is 0 Å². The van der Waals surface area contributed by atoms with Gasteiger partial charge in [-0.3, -0.25) is 0 Å². The summed E-state index contributed by atoms with van der Waals surface area (Å²) in [6, 6.07) is 13.3. The summed E-state index contributed by atoms with van der Waals surface area (Å²) in [7, 11) is 0. The summed E-state index contributed by atoms with van der Waals surface area (Å²) in [5.41, 5.74) is 0.980. The zero-order valence-electron chi connectivity index (χ0n) is 11.5. The van der Waals surface area contributed by atoms with E-state index in [1.807, 2.05) is 44.2 Å². The highest BCUT2D eigenvalue weighted by Crippen LogP contribution is 2.43. The predicted octanol–water partition coefficient (Wildman–Crippen LogP) is 3.21. The Bertz CT molecular complexity index is 547. The average Bonchev–Trinajstić information content (AvgIpc) is 3.06. The molecule has 0 radical (unpaired) electrons. The van der Waals surface area contributed by atoms with E-state index in [-0.39, 0.29) is 6.10 Å². The van der Waals surface area contributed by atoms with Gasteiger partial charge in [0.2, 0.25) is 0 Å². The van der Waals surface area contributed by atoms with Crippen molar-refractivity contribution in [3.8, 4) is 0 Å². The third kappa shape index (κ3) is 2.50. The summed E-state index contributed by atoms with van der Waals surface area (Å²) in [4.78, 5) is 0. The molecule has 1 aromatic carbocycles. The standard InChI is InChI=1S/C16H18O4/c1-16(2)19-14(11-7-4-3-5-8-11)15(20-16)13(17)12-9-6-10-18-12/h3-10,13-15,17H,1-2H3/t13-,14+,15-/m0/s1. The second-order valence-electron chi connectivity index (χ2n) is 5.39. The molecule has 2 heterocycles. The summed E-state index contributed by atoms with van der Waals surface area (Å²) >= 11 is 0. The molecule has 1 aliphatic heterocycles. The van der Waals surface area contributed by atoms with E-state index in [1.54, 1.807) is 12.1 Å². The van der Waals surface area contributed by atoms with Gasteiger partial charge in [0.25, 0.3) is 0 Å². The van der Waals surface area contributed by atoms with Crippen LogP contribution in [0.1, 0.15) is 37.4 Å². The molecule has 0 amide bonds. The van der Waals surface area contributed by atoms with Crippen LogP contribution in [-0.4, -0.2) is 17.0 Å². The fourth-order valence-electron chi connectivity index (χ4n) is 2.54. The molecule has 20 heavy (non-hydrogen) atoms. The van der Waals surface area contributed by atoms with Crippen molar-refractivity contribution in [3.05, 3.63) is 60.1 Å². The van der Waals surface area contributed by atoms with Gasteiger partial charge in [-0.1, -0.05) is 30.3 Å². The number of rotatable bonds is 3. The Labute approximate surface area is 117 Å². The van der Waals surface area contributed by atoms with Crippen molar-refractivity contribution in [3.63, 3.8) is 0 Å². The van der Waals surface area contributed by atoms with E-state index in [0.29, 0.717) is 5.76 Å². The van der Waals surface area contributed by atoms with Gasteiger partial charge in [-0.2, -0.15) is 0 Å². The Balaban J connectivity index is 1.91. The van der Waals surface area contributed by atoms with Crippen molar-refractivity contribution in [1.29, 1.82) is 0 Å². The summed E-state index contributed by atoms with van der Waals surface area (Å²) < 4.78 is 17.1. The van der Waals surface area contributed by atoms with Gasteiger partial charge in [0, 0.05) is 0 Å². The first kappa shape index (κ1) is 13.4. The number of benzene rings is 1. The number of furan rings is 1. The van der Waals surface area contributed by atoms with E-state index in [4.69, 9.17) is 13.9 Å². The van der Waals surface area contributed by atoms with Gasteiger partial charge in [0.05, 0.1) is 6.26 Å². The van der Waals surface area contributed by atoms with Crippen molar-refractivity contribution >= 4 is 0 Å². The molecule has 3 rings (SSSR count). The zero-order valence-corrected chi connectivity index (χ0v) is 11.5. The third-order valence-corrected chi connectivity index (χ3v) is 3.40. The largest absolute Gasteiger partial charge is 0.466 e. The van der Waals surface area contributed by atoms with Crippen LogP contribution in [0.25, 0.3) is 0 Å². The maximum atomic E-state index is 10.5. The SMILES string of the molecule is CC1(C)O[C@@H]([C@@H](O)c2ccco2)[C@@H](c2ccccc2)O1. The van der Waals surface area contributed by atoms with Crippen LogP contribution in [0.4, 0.5) is 0 Å². The highest BCUT2D eigenvalue weighted by Gasteiger charge is 2.46. The van der Waals surface area contributed by atoms with Gasteiger partial charge in [-0.15, -0.1) is 0 Å². The van der Waals surface area contributed by atoms with Gasteiger partial charge < -0.3 is 19.0 Å². The maximum Gasteiger partial charge on any atom is 0.164 e. The van der Waals surface area contributed by atoms with Crippen LogP contribution in [0, 0.1) is 0 Å². The van der Waals surface area contributed by atoms with Gasteiger partial charge in [0.15, 0.2) is 5.79 Å². The van der Waals surface area contributed by atoms with Crippen molar-refractivity contribution in [2.75, 3.05) is 0 Å². The molecule has 1 saturated heterocycles. The number of aliphatic hydroxyl groups is 1. The van der Waals surface area contributed by atoms with Gasteiger partial charge in [0.1, 0.15) is 24.1 Å². The molecule has 2 aromatic rings. The maximum absolute atomic E-state index is 10.5. The smallest absolute Gasteiger partial charge is 0.164 e. The summed E-state index contributed by atoms with van der Waals surface area (Å²) in [5, 5.41) is 10.5. The Morgan fingerprint density at radius 2 is 1.80 bits per heavy atom. The lowest BCUT2D eigenvalue weighted by Gasteiger charge is -2.21. The van der Waals surface area contributed by atoms with Crippen LogP contribution in [0.15, 0.2) is 53.1 Å². The first-order chi connectivity index (χ1) is 9.57. The van der Waals surface area contributed by atoms with Crippen molar-refractivity contribution in [1.82, 2.24) is 0 Å². The molecule has 106 valence electrons. The Morgan fingerprint density at radius 3 is 2.45 bits per heavy atom. The van der Waals surface area contributed by atoms with Gasteiger partial charge >= 0.3 is 0 Å². The molecular weight excluding hydrogens is 256 g/mol. The van der Waals surface area contributed by atoms with Crippen molar-refractivity contribution in [2.24, 2.45) is 0 Å². The normalized spacial score (nSPS) is 26.6. The van der Waals surface area contributed by atoms with Crippen LogP contribution in [0.3, 0.4) is 0 Å². The molecule has 0 unspecified atom stereocenters. The van der Waals surface area contributed by atoms with Crippen LogP contribution in [-0.2, 0) is 9.47 Å². The fourth-order valence-corrected chi connectivity index (χ4v) is 2.54. The molecular formula is C16H18O4. The lowest BCUT2D eigenvalue weighted by atomic mass is 9.99. The Hall–Kier alpha value is -1.62. The number of hydrogen-bond donors (Lipinski definition) is 1. The first-order valence-corrected chi connectivity index (χ1v) is 6.69. The van der Waals surface area contributed by atoms with Crippen LogP contribution in [0.2, 0.25) is 0 Å². The monoisotopic (exact) mass is 274 g/mol. The van der Waals surface area contributed by atoms with Crippen LogP contribution >= 0.6 is 0 Å². The summed E-state index contributed by atoms with van der Waals surface area (Å²) in [5.74, 6) is -0.254. The minimum absolute atomic E-state index is 0.328. The minimum atomic E-state index is -0.864. The highest BCUT2D eigenvalue weighted by molar-refractivity contribution is 5.21. The lowest BCUT2D eigenvalue weighted by molar-refractivity contribution is -0.157. The molecule has 4 heteroatoms. The van der Waals surface area contributed by atoms with E-state index in [0.717, 1.165) is 5.56 Å². The second-order valence-corrected chi connectivity index (χ2v) is 5.39. The summed E-state index contributed by atoms with van der Waals surface area (Å²) in [6.07, 6.45) is -0.154. The summed E-state index contributed by atoms with van der Waals surface area (Å²) in [6.45, 7) is 3.69. The quantitative estimate of drug-likeness (QED) is 0.933. The zero-order chi connectivity index (χ0) is 14.2. The van der Waals surface area contributed by atoms with E-state index in [2.05, 4.69) is 0 Å². The minimum Gasteiger partial charge on any atom is -0.466 e. The molecule has 3 atom stereocenters.